The standard InChI is InChI=1S/C21H24N2O3S/c1-3-26-16-9-11-17(12-10-16)27(24,25)22-15-8-13-21-19(14-15)18-6-4-5-7-20(18)23(21)2/h4-7,9-12,15,22H,3,8,13-14H2,1-2H3. The van der Waals surface area contributed by atoms with Gasteiger partial charge >= 0.3 is 0 Å². The number of benzene rings is 2. The van der Waals surface area contributed by atoms with Crippen LogP contribution in [0.15, 0.2) is 53.4 Å². The van der Waals surface area contributed by atoms with Crippen molar-refractivity contribution in [3.8, 4) is 5.75 Å². The number of hydrogen-bond acceptors (Lipinski definition) is 3. The van der Waals surface area contributed by atoms with Crippen molar-refractivity contribution in [1.82, 2.24) is 9.29 Å². The van der Waals surface area contributed by atoms with E-state index in [2.05, 4.69) is 28.5 Å². The molecule has 1 unspecified atom stereocenters. The highest BCUT2D eigenvalue weighted by molar-refractivity contribution is 7.89. The largest absolute Gasteiger partial charge is 0.494 e. The number of aromatic nitrogens is 1. The summed E-state index contributed by atoms with van der Waals surface area (Å²) in [6.07, 6.45) is 2.39. The molecular formula is C21H24N2O3S. The second kappa shape index (κ2) is 7.02. The smallest absolute Gasteiger partial charge is 0.240 e. The number of ether oxygens (including phenoxy) is 1. The Kier molecular flexibility index (Phi) is 4.70. The lowest BCUT2D eigenvalue weighted by atomic mass is 9.92. The molecule has 0 aliphatic heterocycles. The van der Waals surface area contributed by atoms with Gasteiger partial charge in [-0.1, -0.05) is 18.2 Å². The lowest BCUT2D eigenvalue weighted by Gasteiger charge is -2.24. The first-order valence-corrected chi connectivity index (χ1v) is 10.8. The molecule has 0 saturated heterocycles. The summed E-state index contributed by atoms with van der Waals surface area (Å²) in [5.74, 6) is 0.675. The van der Waals surface area contributed by atoms with Crippen LogP contribution < -0.4 is 9.46 Å². The van der Waals surface area contributed by atoms with Crippen LogP contribution in [0, 0.1) is 0 Å². The van der Waals surface area contributed by atoms with Crippen molar-refractivity contribution in [2.45, 2.75) is 37.1 Å². The third-order valence-corrected chi connectivity index (χ3v) is 6.83. The molecule has 0 spiro atoms. The fourth-order valence-electron chi connectivity index (χ4n) is 4.00. The highest BCUT2D eigenvalue weighted by Crippen LogP contribution is 2.32. The van der Waals surface area contributed by atoms with Crippen molar-refractivity contribution < 1.29 is 13.2 Å². The quantitative estimate of drug-likeness (QED) is 0.733. The Labute approximate surface area is 160 Å². The minimum atomic E-state index is -3.55. The summed E-state index contributed by atoms with van der Waals surface area (Å²) in [6.45, 7) is 2.45. The van der Waals surface area contributed by atoms with E-state index in [4.69, 9.17) is 4.74 Å². The average Bonchev–Trinajstić information content (AvgIpc) is 2.95. The highest BCUT2D eigenvalue weighted by Gasteiger charge is 2.27. The van der Waals surface area contributed by atoms with Gasteiger partial charge in [-0.2, -0.15) is 0 Å². The third kappa shape index (κ3) is 3.35. The first kappa shape index (κ1) is 18.1. The van der Waals surface area contributed by atoms with Crippen molar-refractivity contribution in [3.63, 3.8) is 0 Å². The number of sulfonamides is 1. The lowest BCUT2D eigenvalue weighted by Crippen LogP contribution is -2.38. The normalized spacial score (nSPS) is 17.0. The van der Waals surface area contributed by atoms with E-state index in [9.17, 15) is 8.42 Å². The summed E-state index contributed by atoms with van der Waals surface area (Å²) in [4.78, 5) is 0.273. The predicted octanol–water partition coefficient (Wildman–Crippen LogP) is 3.41. The van der Waals surface area contributed by atoms with Crippen LogP contribution in [0.3, 0.4) is 0 Å². The van der Waals surface area contributed by atoms with Crippen LogP contribution in [-0.2, 0) is 29.9 Å². The molecule has 0 saturated carbocycles. The fourth-order valence-corrected chi connectivity index (χ4v) is 5.27. The number of hydrogen-bond donors (Lipinski definition) is 1. The second-order valence-corrected chi connectivity index (χ2v) is 8.68. The van der Waals surface area contributed by atoms with E-state index in [0.29, 0.717) is 18.8 Å². The van der Waals surface area contributed by atoms with Gasteiger partial charge in [0.05, 0.1) is 11.5 Å². The van der Waals surface area contributed by atoms with E-state index >= 15 is 0 Å². The highest BCUT2D eigenvalue weighted by atomic mass is 32.2. The molecule has 142 valence electrons. The van der Waals surface area contributed by atoms with Crippen LogP contribution in [0.1, 0.15) is 24.6 Å². The fraction of sp³-hybridized carbons (Fsp3) is 0.333. The zero-order chi connectivity index (χ0) is 19.0. The van der Waals surface area contributed by atoms with Crippen molar-refractivity contribution >= 4 is 20.9 Å². The number of aryl methyl sites for hydroxylation is 1. The molecule has 6 heteroatoms. The predicted molar refractivity (Wildman–Crippen MR) is 107 cm³/mol. The molecule has 1 aromatic heterocycles. The van der Waals surface area contributed by atoms with Gasteiger partial charge in [0.15, 0.2) is 0 Å². The van der Waals surface area contributed by atoms with Gasteiger partial charge in [0.25, 0.3) is 0 Å². The number of nitrogens with one attached hydrogen (secondary N) is 1. The third-order valence-electron chi connectivity index (χ3n) is 5.29. The van der Waals surface area contributed by atoms with E-state index in [1.54, 1.807) is 24.3 Å². The summed E-state index contributed by atoms with van der Waals surface area (Å²) < 4.78 is 36.1. The number of fused-ring (bicyclic) bond motifs is 3. The summed E-state index contributed by atoms with van der Waals surface area (Å²) in [7, 11) is -1.46. The van der Waals surface area contributed by atoms with Gasteiger partial charge in [0.2, 0.25) is 10.0 Å². The molecule has 1 heterocycles. The maximum absolute atomic E-state index is 12.8. The van der Waals surface area contributed by atoms with Crippen molar-refractivity contribution in [2.75, 3.05) is 6.61 Å². The molecule has 5 nitrogen and oxygen atoms in total. The van der Waals surface area contributed by atoms with Crippen LogP contribution in [0.4, 0.5) is 0 Å². The van der Waals surface area contributed by atoms with Gasteiger partial charge < -0.3 is 9.30 Å². The molecule has 0 radical (unpaired) electrons. The Balaban J connectivity index is 1.56. The van der Waals surface area contributed by atoms with Gasteiger partial charge in [0.1, 0.15) is 5.75 Å². The number of nitrogens with zero attached hydrogens (tertiary/aromatic N) is 1. The Morgan fingerprint density at radius 3 is 2.63 bits per heavy atom. The second-order valence-electron chi connectivity index (χ2n) is 6.97. The maximum Gasteiger partial charge on any atom is 0.240 e. The summed E-state index contributed by atoms with van der Waals surface area (Å²) >= 11 is 0. The number of rotatable bonds is 5. The molecular weight excluding hydrogens is 360 g/mol. The van der Waals surface area contributed by atoms with Crippen molar-refractivity contribution in [3.05, 3.63) is 59.8 Å². The molecule has 1 aliphatic carbocycles. The van der Waals surface area contributed by atoms with Gasteiger partial charge in [-0.05, 0) is 62.1 Å². The Morgan fingerprint density at radius 2 is 1.89 bits per heavy atom. The van der Waals surface area contributed by atoms with Crippen molar-refractivity contribution in [1.29, 1.82) is 0 Å². The molecule has 3 aromatic rings. The van der Waals surface area contributed by atoms with Crippen LogP contribution in [0.2, 0.25) is 0 Å². The maximum atomic E-state index is 12.8. The molecule has 27 heavy (non-hydrogen) atoms. The minimum absolute atomic E-state index is 0.0973. The molecule has 0 fully saturated rings. The van der Waals surface area contributed by atoms with E-state index in [-0.39, 0.29) is 10.9 Å². The first-order valence-electron chi connectivity index (χ1n) is 9.30. The lowest BCUT2D eigenvalue weighted by molar-refractivity contribution is 0.340. The topological polar surface area (TPSA) is 60.3 Å². The van der Waals surface area contributed by atoms with E-state index in [1.807, 2.05) is 19.1 Å². The monoisotopic (exact) mass is 384 g/mol. The molecule has 0 amide bonds. The van der Waals surface area contributed by atoms with Gasteiger partial charge in [0, 0.05) is 29.7 Å². The van der Waals surface area contributed by atoms with E-state index in [0.717, 1.165) is 12.8 Å². The molecule has 1 atom stereocenters. The van der Waals surface area contributed by atoms with Gasteiger partial charge in [-0.25, -0.2) is 13.1 Å². The molecule has 4 rings (SSSR count). The Hall–Kier alpha value is -2.31. The number of para-hydroxylation sites is 1. The SMILES string of the molecule is CCOc1ccc(S(=O)(=O)NC2CCc3c(c4ccccc4n3C)C2)cc1. The molecule has 0 bridgehead atoms. The Bertz CT molecular complexity index is 1070. The first-order chi connectivity index (χ1) is 13.0. The van der Waals surface area contributed by atoms with Gasteiger partial charge in [-0.15, -0.1) is 0 Å². The summed E-state index contributed by atoms with van der Waals surface area (Å²) in [6, 6.07) is 14.8. The zero-order valence-corrected chi connectivity index (χ0v) is 16.4. The average molecular weight is 385 g/mol. The van der Waals surface area contributed by atoms with Crippen LogP contribution in [0.25, 0.3) is 10.9 Å². The van der Waals surface area contributed by atoms with E-state index in [1.165, 1.54) is 22.2 Å². The molecule has 1 aliphatic rings. The van der Waals surface area contributed by atoms with Crippen LogP contribution >= 0.6 is 0 Å². The zero-order valence-electron chi connectivity index (χ0n) is 15.6. The minimum Gasteiger partial charge on any atom is -0.494 e. The summed E-state index contributed by atoms with van der Waals surface area (Å²) in [5, 5.41) is 1.22. The van der Waals surface area contributed by atoms with Gasteiger partial charge in [-0.3, -0.25) is 0 Å². The molecule has 2 aromatic carbocycles. The Morgan fingerprint density at radius 1 is 1.15 bits per heavy atom. The van der Waals surface area contributed by atoms with Crippen molar-refractivity contribution in [2.24, 2.45) is 7.05 Å². The molecule has 1 N–H and O–H groups in total. The van der Waals surface area contributed by atoms with Crippen LogP contribution in [-0.4, -0.2) is 25.6 Å². The van der Waals surface area contributed by atoms with E-state index < -0.39 is 10.0 Å². The summed E-state index contributed by atoms with van der Waals surface area (Å²) in [5.41, 5.74) is 3.78. The van der Waals surface area contributed by atoms with Crippen LogP contribution in [0.5, 0.6) is 5.75 Å².